The van der Waals surface area contributed by atoms with Gasteiger partial charge in [-0.25, -0.2) is 0 Å². The van der Waals surface area contributed by atoms with E-state index in [0.717, 1.165) is 47.9 Å². The van der Waals surface area contributed by atoms with Gasteiger partial charge in [0.05, 0.1) is 28.1 Å². The van der Waals surface area contributed by atoms with Crippen molar-refractivity contribution < 1.29 is 19.2 Å². The third-order valence-corrected chi connectivity index (χ3v) is 11.5. The van der Waals surface area contributed by atoms with Crippen LogP contribution in [0.5, 0.6) is 0 Å². The highest BCUT2D eigenvalue weighted by molar-refractivity contribution is 6.30. The zero-order valence-corrected chi connectivity index (χ0v) is 34.3. The van der Waals surface area contributed by atoms with Crippen molar-refractivity contribution in [1.29, 1.82) is 0 Å². The number of rotatable bonds is 12. The molecule has 0 unspecified atom stereocenters. The molecule has 6 N–H and O–H groups in total. The molecule has 2 saturated heterocycles. The van der Waals surface area contributed by atoms with E-state index in [9.17, 15) is 9.59 Å². The molecule has 4 aromatic carbocycles. The maximum absolute atomic E-state index is 15.2. The van der Waals surface area contributed by atoms with Gasteiger partial charge in [0, 0.05) is 53.9 Å². The summed E-state index contributed by atoms with van der Waals surface area (Å²) in [5.41, 5.74) is 19.3. The Labute approximate surface area is 331 Å². The van der Waals surface area contributed by atoms with Gasteiger partial charge in [0.2, 0.25) is 5.91 Å². The summed E-state index contributed by atoms with van der Waals surface area (Å²) in [6.45, 7) is 19.2. The third-order valence-electron chi connectivity index (χ3n) is 11.5. The van der Waals surface area contributed by atoms with E-state index in [2.05, 4.69) is 70.9 Å². The number of primary amides is 2. The fourth-order valence-electron chi connectivity index (χ4n) is 8.62. The Morgan fingerprint density at radius 1 is 0.518 bits per heavy atom. The molecule has 2 aliphatic rings. The first-order valence-electron chi connectivity index (χ1n) is 20.3. The monoisotopic (exact) mass is 758 g/mol. The lowest BCUT2D eigenvalue weighted by Gasteiger charge is -2.29. The quantitative estimate of drug-likeness (QED) is 0.113. The van der Waals surface area contributed by atoms with Gasteiger partial charge >= 0.3 is 0 Å². The van der Waals surface area contributed by atoms with Crippen LogP contribution in [0.2, 0.25) is 0 Å². The Morgan fingerprint density at radius 2 is 0.875 bits per heavy atom. The van der Waals surface area contributed by atoms with Crippen molar-refractivity contribution in [2.45, 2.75) is 105 Å². The van der Waals surface area contributed by atoms with Crippen LogP contribution in [0.25, 0.3) is 10.8 Å². The van der Waals surface area contributed by atoms with Crippen LogP contribution in [0.3, 0.4) is 0 Å². The van der Waals surface area contributed by atoms with Crippen LogP contribution < -0.4 is 31.9 Å². The predicted octanol–water partition coefficient (Wildman–Crippen LogP) is 9.24. The highest BCUT2D eigenvalue weighted by Gasteiger charge is 2.34. The number of fused-ring (bicyclic) bond motifs is 1. The number of carbonyl (C=O) groups excluding carboxylic acids is 4. The summed E-state index contributed by atoms with van der Waals surface area (Å²) in [4.78, 5) is 62.1. The van der Waals surface area contributed by atoms with Gasteiger partial charge < -0.3 is 31.9 Å². The topological polar surface area (TPSA) is 151 Å². The molecule has 2 aliphatic heterocycles. The minimum absolute atomic E-state index is 0.0545. The molecule has 6 rings (SSSR count). The van der Waals surface area contributed by atoms with E-state index in [4.69, 9.17) is 11.5 Å². The second-order valence-electron chi connectivity index (χ2n) is 16.7. The third kappa shape index (κ3) is 7.58. The molecule has 2 fully saturated rings. The summed E-state index contributed by atoms with van der Waals surface area (Å²) < 4.78 is 0. The minimum atomic E-state index is -0.775. The molecular formula is C46H58N6O4. The fourth-order valence-corrected chi connectivity index (χ4v) is 8.62. The van der Waals surface area contributed by atoms with Crippen LogP contribution in [-0.2, 0) is 0 Å². The number of anilines is 4. The number of nitrogens with two attached hydrogens (primary N) is 2. The average Bonchev–Trinajstić information content (AvgIpc) is 3.89. The molecule has 296 valence electrons. The summed E-state index contributed by atoms with van der Waals surface area (Å²) in [6, 6.07) is 15.4. The van der Waals surface area contributed by atoms with Gasteiger partial charge in [-0.15, -0.1) is 0 Å². The Morgan fingerprint density at radius 3 is 1.25 bits per heavy atom. The lowest BCUT2D eigenvalue weighted by molar-refractivity contribution is 0.0989. The normalized spacial score (nSPS) is 14.5. The molecule has 4 amide bonds. The van der Waals surface area contributed by atoms with E-state index in [1.54, 1.807) is 12.1 Å². The average molecular weight is 759 g/mol. The van der Waals surface area contributed by atoms with Crippen molar-refractivity contribution in [3.8, 4) is 0 Å². The van der Waals surface area contributed by atoms with Gasteiger partial charge in [0.1, 0.15) is 0 Å². The van der Waals surface area contributed by atoms with Crippen LogP contribution in [0.4, 0.5) is 22.7 Å². The molecule has 0 spiro atoms. The van der Waals surface area contributed by atoms with Crippen LogP contribution >= 0.6 is 0 Å². The molecule has 4 aromatic rings. The molecule has 0 radical (unpaired) electrons. The Bertz CT molecular complexity index is 2140. The predicted molar refractivity (Wildman–Crippen MR) is 229 cm³/mol. The standard InChI is InChI=1S/C46H58N6O4/c1-25(2)29-15-13-16-30(26(3)4)41(29)49-45(55)34-24-36(52-21-11-12-22-52)40(46(56)50-42-31(27(5)6)17-14-18-32(42)28(7)8)37-33(43(47)53)23-35(51-19-9-10-20-51)39(38(34)37)44(48)54/h13-18,23-28H,9-12,19-22H2,1-8H3,(H2,47,53)(H2,48,54)(H,49,55)(H,50,56). The fraction of sp³-hybridized carbons (Fsp3) is 0.435. The molecule has 10 heteroatoms. The highest BCUT2D eigenvalue weighted by atomic mass is 16.2. The Kier molecular flexibility index (Phi) is 11.8. The molecule has 0 bridgehead atoms. The minimum Gasteiger partial charge on any atom is -0.371 e. The smallest absolute Gasteiger partial charge is 0.258 e. The van der Waals surface area contributed by atoms with Gasteiger partial charge in [-0.05, 0) is 83.7 Å². The van der Waals surface area contributed by atoms with Crippen molar-refractivity contribution in [2.24, 2.45) is 11.5 Å². The lowest BCUT2D eigenvalue weighted by Crippen LogP contribution is -2.29. The Hall–Kier alpha value is -5.38. The van der Waals surface area contributed by atoms with Crippen LogP contribution in [-0.4, -0.2) is 49.8 Å². The number of amides is 4. The number of hydrogen-bond donors (Lipinski definition) is 4. The number of benzene rings is 4. The second-order valence-corrected chi connectivity index (χ2v) is 16.7. The van der Waals surface area contributed by atoms with E-state index in [0.29, 0.717) is 48.9 Å². The van der Waals surface area contributed by atoms with Gasteiger partial charge in [0.25, 0.3) is 17.7 Å². The molecule has 2 heterocycles. The van der Waals surface area contributed by atoms with Crippen LogP contribution in [0, 0.1) is 0 Å². The maximum Gasteiger partial charge on any atom is 0.258 e. The molecule has 10 nitrogen and oxygen atoms in total. The second kappa shape index (κ2) is 16.4. The first kappa shape index (κ1) is 40.3. The van der Waals surface area contributed by atoms with Gasteiger partial charge in [-0.3, -0.25) is 19.2 Å². The van der Waals surface area contributed by atoms with E-state index in [1.807, 2.05) is 41.3 Å². The van der Waals surface area contributed by atoms with Crippen molar-refractivity contribution in [2.75, 3.05) is 46.6 Å². The van der Waals surface area contributed by atoms with Crippen molar-refractivity contribution in [1.82, 2.24) is 0 Å². The SMILES string of the molecule is CC(C)c1cccc(C(C)C)c1NC(=O)c1cc(N2CCCC2)c(C(=O)Nc2c(C(C)C)cccc2C(C)C)c2c(C(N)=O)cc(N3CCCC3)c(C(N)=O)c12. The first-order chi connectivity index (χ1) is 26.6. The van der Waals surface area contributed by atoms with E-state index >= 15 is 9.59 Å². The van der Waals surface area contributed by atoms with Gasteiger partial charge in [-0.2, -0.15) is 0 Å². The number of carbonyl (C=O) groups is 4. The largest absolute Gasteiger partial charge is 0.371 e. The number of nitrogens with zero attached hydrogens (tertiary/aromatic N) is 2. The molecule has 0 aromatic heterocycles. The summed E-state index contributed by atoms with van der Waals surface area (Å²) in [5.74, 6) is -2.08. The molecule has 56 heavy (non-hydrogen) atoms. The summed E-state index contributed by atoms with van der Waals surface area (Å²) in [6.07, 6.45) is 3.54. The summed E-state index contributed by atoms with van der Waals surface area (Å²) in [5, 5.41) is 6.84. The van der Waals surface area contributed by atoms with Crippen LogP contribution in [0.15, 0.2) is 48.5 Å². The molecule has 0 saturated carbocycles. The summed E-state index contributed by atoms with van der Waals surface area (Å²) in [7, 11) is 0. The molecule has 0 aliphatic carbocycles. The number of para-hydroxylation sites is 2. The van der Waals surface area contributed by atoms with Gasteiger partial charge in [0.15, 0.2) is 0 Å². The highest BCUT2D eigenvalue weighted by Crippen LogP contribution is 2.44. The van der Waals surface area contributed by atoms with Crippen molar-refractivity contribution in [3.05, 3.63) is 93.0 Å². The number of hydrogen-bond acceptors (Lipinski definition) is 6. The lowest BCUT2D eigenvalue weighted by atomic mass is 9.86. The van der Waals surface area contributed by atoms with Crippen LogP contribution in [0.1, 0.15) is 168 Å². The first-order valence-corrected chi connectivity index (χ1v) is 20.3. The van der Waals surface area contributed by atoms with E-state index in [-0.39, 0.29) is 56.7 Å². The maximum atomic E-state index is 15.2. The Balaban J connectivity index is 1.73. The molecular weight excluding hydrogens is 701 g/mol. The zero-order chi connectivity index (χ0) is 40.6. The zero-order valence-electron chi connectivity index (χ0n) is 34.3. The number of nitrogens with one attached hydrogen (secondary N) is 2. The van der Waals surface area contributed by atoms with Crippen molar-refractivity contribution >= 4 is 57.2 Å². The molecule has 0 atom stereocenters. The summed E-state index contributed by atoms with van der Waals surface area (Å²) >= 11 is 0. The van der Waals surface area contributed by atoms with Crippen molar-refractivity contribution in [3.63, 3.8) is 0 Å². The van der Waals surface area contributed by atoms with Gasteiger partial charge in [-0.1, -0.05) is 91.8 Å². The van der Waals surface area contributed by atoms with E-state index in [1.165, 1.54) is 0 Å². The van der Waals surface area contributed by atoms with E-state index < -0.39 is 23.6 Å².